The molecule has 4 nitrogen and oxygen atoms in total. The van der Waals surface area contributed by atoms with Crippen LogP contribution in [0, 0.1) is 5.92 Å². The Bertz CT molecular complexity index is 453. The fraction of sp³-hybridized carbons (Fsp3) is 0.588. The Balaban J connectivity index is 2.01. The molecule has 1 heterocycles. The summed E-state index contributed by atoms with van der Waals surface area (Å²) >= 11 is 0. The summed E-state index contributed by atoms with van der Waals surface area (Å²) < 4.78 is 0. The van der Waals surface area contributed by atoms with E-state index in [9.17, 15) is 4.79 Å². The minimum Gasteiger partial charge on any atom is -0.371 e. The maximum absolute atomic E-state index is 12.1. The smallest absolute Gasteiger partial charge is 0.228 e. The van der Waals surface area contributed by atoms with Gasteiger partial charge in [0.05, 0.1) is 0 Å². The summed E-state index contributed by atoms with van der Waals surface area (Å²) in [4.78, 5) is 14.5. The lowest BCUT2D eigenvalue weighted by Crippen LogP contribution is -2.29. The molecule has 0 bridgehead atoms. The molecule has 1 saturated heterocycles. The standard InChI is InChI=1S/C17H27N3O/c1-14(13-18-2)17(21)19-15-8-7-9-16(12-15)20-10-5-3-4-6-11-20/h7-9,12,14,18H,3-6,10-11,13H2,1-2H3,(H,19,21). The number of nitrogens with zero attached hydrogens (tertiary/aromatic N) is 1. The minimum absolute atomic E-state index is 0.0307. The molecule has 1 aromatic carbocycles. The Labute approximate surface area is 127 Å². The third kappa shape index (κ3) is 4.74. The van der Waals surface area contributed by atoms with Gasteiger partial charge in [0, 0.05) is 36.9 Å². The Kier molecular flexibility index (Phi) is 6.05. The van der Waals surface area contributed by atoms with Crippen molar-refractivity contribution >= 4 is 17.3 Å². The minimum atomic E-state index is -0.0307. The number of hydrogen-bond acceptors (Lipinski definition) is 3. The van der Waals surface area contributed by atoms with E-state index in [2.05, 4.69) is 27.7 Å². The summed E-state index contributed by atoms with van der Waals surface area (Å²) in [6.07, 6.45) is 5.18. The van der Waals surface area contributed by atoms with Crippen LogP contribution in [0.1, 0.15) is 32.6 Å². The first-order valence-electron chi connectivity index (χ1n) is 8.01. The average molecular weight is 289 g/mol. The normalized spacial score (nSPS) is 17.1. The van der Waals surface area contributed by atoms with E-state index in [1.165, 1.54) is 31.4 Å². The second-order valence-corrected chi connectivity index (χ2v) is 5.90. The van der Waals surface area contributed by atoms with Gasteiger partial charge in [-0.2, -0.15) is 0 Å². The first kappa shape index (κ1) is 15.8. The van der Waals surface area contributed by atoms with E-state index in [1.54, 1.807) is 0 Å². The zero-order valence-electron chi connectivity index (χ0n) is 13.2. The zero-order chi connectivity index (χ0) is 15.1. The van der Waals surface area contributed by atoms with Crippen molar-refractivity contribution < 1.29 is 4.79 Å². The summed E-state index contributed by atoms with van der Waals surface area (Å²) in [7, 11) is 1.86. The van der Waals surface area contributed by atoms with Crippen molar-refractivity contribution in [2.24, 2.45) is 5.92 Å². The van der Waals surface area contributed by atoms with Gasteiger partial charge in [-0.15, -0.1) is 0 Å². The van der Waals surface area contributed by atoms with Crippen LogP contribution in [0.25, 0.3) is 0 Å². The SMILES string of the molecule is CNCC(C)C(=O)Nc1cccc(N2CCCCCC2)c1. The maximum Gasteiger partial charge on any atom is 0.228 e. The summed E-state index contributed by atoms with van der Waals surface area (Å²) in [5.74, 6) is 0.0363. The third-order valence-electron chi connectivity index (χ3n) is 4.04. The molecule has 1 aromatic rings. The highest BCUT2D eigenvalue weighted by Crippen LogP contribution is 2.23. The number of carbonyl (C=O) groups is 1. The molecule has 1 unspecified atom stereocenters. The molecule has 1 aliphatic heterocycles. The van der Waals surface area contributed by atoms with Crippen LogP contribution >= 0.6 is 0 Å². The van der Waals surface area contributed by atoms with Gasteiger partial charge in [0.1, 0.15) is 0 Å². The van der Waals surface area contributed by atoms with Gasteiger partial charge in [0.15, 0.2) is 0 Å². The highest BCUT2D eigenvalue weighted by molar-refractivity contribution is 5.92. The summed E-state index contributed by atoms with van der Waals surface area (Å²) in [6.45, 7) is 4.86. The lowest BCUT2D eigenvalue weighted by Gasteiger charge is -2.23. The van der Waals surface area contributed by atoms with E-state index >= 15 is 0 Å². The zero-order valence-corrected chi connectivity index (χ0v) is 13.2. The number of benzene rings is 1. The molecule has 0 aliphatic carbocycles. The molecule has 1 atom stereocenters. The predicted molar refractivity (Wildman–Crippen MR) is 88.8 cm³/mol. The Hall–Kier alpha value is -1.55. The van der Waals surface area contributed by atoms with Crippen molar-refractivity contribution in [3.8, 4) is 0 Å². The number of rotatable bonds is 5. The highest BCUT2D eigenvalue weighted by Gasteiger charge is 2.13. The highest BCUT2D eigenvalue weighted by atomic mass is 16.1. The van der Waals surface area contributed by atoms with Crippen LogP contribution in [-0.2, 0) is 4.79 Å². The first-order valence-corrected chi connectivity index (χ1v) is 8.01. The molecule has 1 amide bonds. The van der Waals surface area contributed by atoms with Crippen molar-refractivity contribution in [1.29, 1.82) is 0 Å². The van der Waals surface area contributed by atoms with Crippen LogP contribution in [0.15, 0.2) is 24.3 Å². The average Bonchev–Trinajstić information content (AvgIpc) is 2.77. The lowest BCUT2D eigenvalue weighted by atomic mass is 10.1. The van der Waals surface area contributed by atoms with Gasteiger partial charge < -0.3 is 15.5 Å². The summed E-state index contributed by atoms with van der Waals surface area (Å²) in [5.41, 5.74) is 2.11. The van der Waals surface area contributed by atoms with Crippen molar-refractivity contribution in [1.82, 2.24) is 5.32 Å². The van der Waals surface area contributed by atoms with Gasteiger partial charge in [-0.1, -0.05) is 25.8 Å². The molecule has 21 heavy (non-hydrogen) atoms. The third-order valence-corrected chi connectivity index (χ3v) is 4.04. The van der Waals surface area contributed by atoms with Gasteiger partial charge in [-0.25, -0.2) is 0 Å². The van der Waals surface area contributed by atoms with Crippen LogP contribution in [0.3, 0.4) is 0 Å². The van der Waals surface area contributed by atoms with E-state index in [0.717, 1.165) is 18.8 Å². The van der Waals surface area contributed by atoms with E-state index in [0.29, 0.717) is 6.54 Å². The molecule has 0 radical (unpaired) electrons. The van der Waals surface area contributed by atoms with Gasteiger partial charge >= 0.3 is 0 Å². The van der Waals surface area contributed by atoms with Gasteiger partial charge in [0.25, 0.3) is 0 Å². The van der Waals surface area contributed by atoms with Crippen molar-refractivity contribution in [2.75, 3.05) is 36.9 Å². The monoisotopic (exact) mass is 289 g/mol. The number of carbonyl (C=O) groups excluding carboxylic acids is 1. The van der Waals surface area contributed by atoms with Crippen molar-refractivity contribution in [2.45, 2.75) is 32.6 Å². The van der Waals surface area contributed by atoms with Crippen molar-refractivity contribution in [3.05, 3.63) is 24.3 Å². The van der Waals surface area contributed by atoms with Gasteiger partial charge in [-0.05, 0) is 38.1 Å². The van der Waals surface area contributed by atoms with E-state index in [-0.39, 0.29) is 11.8 Å². The molecule has 116 valence electrons. The number of hydrogen-bond donors (Lipinski definition) is 2. The van der Waals surface area contributed by atoms with Gasteiger partial charge in [0.2, 0.25) is 5.91 Å². The van der Waals surface area contributed by atoms with Crippen LogP contribution in [0.5, 0.6) is 0 Å². The lowest BCUT2D eigenvalue weighted by molar-refractivity contribution is -0.119. The molecule has 0 spiro atoms. The van der Waals surface area contributed by atoms with Crippen LogP contribution in [0.2, 0.25) is 0 Å². The topological polar surface area (TPSA) is 44.4 Å². The molecule has 4 heteroatoms. The number of anilines is 2. The Morgan fingerprint density at radius 1 is 1.24 bits per heavy atom. The molecule has 2 rings (SSSR count). The molecular weight excluding hydrogens is 262 g/mol. The van der Waals surface area contributed by atoms with E-state index in [4.69, 9.17) is 0 Å². The molecule has 0 saturated carbocycles. The van der Waals surface area contributed by atoms with Gasteiger partial charge in [-0.3, -0.25) is 4.79 Å². The van der Waals surface area contributed by atoms with Crippen LogP contribution in [-0.4, -0.2) is 32.6 Å². The fourth-order valence-corrected chi connectivity index (χ4v) is 2.77. The fourth-order valence-electron chi connectivity index (χ4n) is 2.77. The van der Waals surface area contributed by atoms with E-state index in [1.807, 2.05) is 26.1 Å². The molecule has 2 N–H and O–H groups in total. The Morgan fingerprint density at radius 2 is 1.95 bits per heavy atom. The molecule has 0 aromatic heterocycles. The predicted octanol–water partition coefficient (Wildman–Crippen LogP) is 2.86. The number of nitrogens with one attached hydrogen (secondary N) is 2. The molecule has 1 aliphatic rings. The summed E-state index contributed by atoms with van der Waals surface area (Å²) in [5, 5.41) is 6.05. The van der Waals surface area contributed by atoms with Crippen LogP contribution < -0.4 is 15.5 Å². The molecule has 1 fully saturated rings. The Morgan fingerprint density at radius 3 is 2.62 bits per heavy atom. The quantitative estimate of drug-likeness (QED) is 0.876. The maximum atomic E-state index is 12.1. The number of amides is 1. The second kappa shape index (κ2) is 8.03. The van der Waals surface area contributed by atoms with Crippen molar-refractivity contribution in [3.63, 3.8) is 0 Å². The van der Waals surface area contributed by atoms with E-state index < -0.39 is 0 Å². The first-order chi connectivity index (χ1) is 10.2. The second-order valence-electron chi connectivity index (χ2n) is 5.90. The largest absolute Gasteiger partial charge is 0.371 e. The molecular formula is C17H27N3O. The summed E-state index contributed by atoms with van der Waals surface area (Å²) in [6, 6.07) is 8.22. The van der Waals surface area contributed by atoms with Crippen LogP contribution in [0.4, 0.5) is 11.4 Å².